The molecule has 0 spiro atoms. The van der Waals surface area contributed by atoms with Gasteiger partial charge in [0, 0.05) is 25.2 Å². The minimum atomic E-state index is -0.780. The highest BCUT2D eigenvalue weighted by molar-refractivity contribution is 5.79. The molecule has 2 rings (SSSR count). The smallest absolute Gasteiger partial charge is 0.269 e. The van der Waals surface area contributed by atoms with Crippen molar-refractivity contribution in [2.24, 2.45) is 4.99 Å². The van der Waals surface area contributed by atoms with Crippen molar-refractivity contribution in [2.75, 3.05) is 19.7 Å². The molecular weight excluding hydrogens is 340 g/mol. The van der Waals surface area contributed by atoms with Crippen molar-refractivity contribution in [1.29, 1.82) is 0 Å². The molecule has 0 aliphatic heterocycles. The number of non-ortho nitro benzene ring substituents is 1. The van der Waals surface area contributed by atoms with E-state index in [1.165, 1.54) is 24.3 Å². The number of aliphatic hydroxyl groups is 1. The molecule has 9 heteroatoms. The standard InChI is InChI=1S/C17H22N4O5/c1-2-18-17(20-11-16-4-3-9-25-16)19-10-14(22)12-26-15-7-5-13(6-8-15)21(23)24/h3-9,14,22H,2,10-12H2,1H3,(H2,18,19,20). The predicted octanol–water partition coefficient (Wildman–Crippen LogP) is 1.68. The number of rotatable bonds is 9. The van der Waals surface area contributed by atoms with Gasteiger partial charge in [0.15, 0.2) is 5.96 Å². The summed E-state index contributed by atoms with van der Waals surface area (Å²) in [5, 5.41) is 26.7. The first-order valence-corrected chi connectivity index (χ1v) is 8.18. The van der Waals surface area contributed by atoms with Crippen molar-refractivity contribution in [1.82, 2.24) is 10.6 Å². The highest BCUT2D eigenvalue weighted by atomic mass is 16.6. The number of aliphatic imine (C=N–C) groups is 1. The van der Waals surface area contributed by atoms with Crippen molar-refractivity contribution >= 4 is 11.6 Å². The summed E-state index contributed by atoms with van der Waals surface area (Å²) in [7, 11) is 0. The largest absolute Gasteiger partial charge is 0.491 e. The summed E-state index contributed by atoms with van der Waals surface area (Å²) in [6, 6.07) is 9.32. The van der Waals surface area contributed by atoms with Crippen molar-refractivity contribution in [2.45, 2.75) is 19.6 Å². The van der Waals surface area contributed by atoms with Crippen LogP contribution in [0.4, 0.5) is 5.69 Å². The summed E-state index contributed by atoms with van der Waals surface area (Å²) < 4.78 is 10.6. The van der Waals surface area contributed by atoms with Crippen LogP contribution >= 0.6 is 0 Å². The van der Waals surface area contributed by atoms with Crippen molar-refractivity contribution < 1.29 is 19.2 Å². The molecule has 0 saturated carbocycles. The number of hydrogen-bond acceptors (Lipinski definition) is 6. The molecule has 140 valence electrons. The zero-order chi connectivity index (χ0) is 18.8. The fraction of sp³-hybridized carbons (Fsp3) is 0.353. The van der Waals surface area contributed by atoms with Crippen LogP contribution in [0.25, 0.3) is 0 Å². The predicted molar refractivity (Wildman–Crippen MR) is 96.1 cm³/mol. The lowest BCUT2D eigenvalue weighted by Crippen LogP contribution is -2.42. The highest BCUT2D eigenvalue weighted by Gasteiger charge is 2.09. The van der Waals surface area contributed by atoms with E-state index in [-0.39, 0.29) is 18.8 Å². The number of nitro groups is 1. The number of guanidine groups is 1. The van der Waals surface area contributed by atoms with Gasteiger partial charge in [-0.25, -0.2) is 4.99 Å². The molecule has 0 bridgehead atoms. The fourth-order valence-corrected chi connectivity index (χ4v) is 2.03. The Kier molecular flexibility index (Phi) is 7.44. The maximum absolute atomic E-state index is 10.6. The number of ether oxygens (including phenoxy) is 1. The van der Waals surface area contributed by atoms with Crippen LogP contribution in [0.15, 0.2) is 52.1 Å². The molecule has 2 aromatic rings. The van der Waals surface area contributed by atoms with Gasteiger partial charge in [0.2, 0.25) is 0 Å². The number of nitrogens with one attached hydrogen (secondary N) is 2. The summed E-state index contributed by atoms with van der Waals surface area (Å²) in [4.78, 5) is 14.5. The van der Waals surface area contributed by atoms with Crippen molar-refractivity contribution in [3.63, 3.8) is 0 Å². The summed E-state index contributed by atoms with van der Waals surface area (Å²) >= 11 is 0. The summed E-state index contributed by atoms with van der Waals surface area (Å²) in [5.74, 6) is 1.75. The van der Waals surface area contributed by atoms with Gasteiger partial charge in [-0.05, 0) is 31.2 Å². The number of nitro benzene ring substituents is 1. The van der Waals surface area contributed by atoms with Crippen LogP contribution in [0.2, 0.25) is 0 Å². The minimum absolute atomic E-state index is 0.0115. The molecule has 3 N–H and O–H groups in total. The zero-order valence-corrected chi connectivity index (χ0v) is 14.4. The van der Waals surface area contributed by atoms with Crippen LogP contribution in [0, 0.1) is 10.1 Å². The third-order valence-corrected chi connectivity index (χ3v) is 3.31. The molecular formula is C17H22N4O5. The lowest BCUT2D eigenvalue weighted by molar-refractivity contribution is -0.384. The van der Waals surface area contributed by atoms with Gasteiger partial charge in [-0.15, -0.1) is 0 Å². The number of aliphatic hydroxyl groups excluding tert-OH is 1. The molecule has 1 heterocycles. The molecule has 1 atom stereocenters. The lowest BCUT2D eigenvalue weighted by atomic mass is 10.3. The molecule has 1 aromatic heterocycles. The van der Waals surface area contributed by atoms with Gasteiger partial charge >= 0.3 is 0 Å². The second kappa shape index (κ2) is 10.0. The molecule has 0 amide bonds. The van der Waals surface area contributed by atoms with E-state index in [4.69, 9.17) is 9.15 Å². The molecule has 1 aromatic carbocycles. The average molecular weight is 362 g/mol. The van der Waals surface area contributed by atoms with E-state index in [9.17, 15) is 15.2 Å². The Hall–Kier alpha value is -3.07. The monoisotopic (exact) mass is 362 g/mol. The first-order chi connectivity index (χ1) is 12.6. The molecule has 26 heavy (non-hydrogen) atoms. The van der Waals surface area contributed by atoms with E-state index in [2.05, 4.69) is 15.6 Å². The Morgan fingerprint density at radius 3 is 2.73 bits per heavy atom. The molecule has 1 unspecified atom stereocenters. The van der Waals surface area contributed by atoms with Crippen LogP contribution in [-0.4, -0.2) is 41.8 Å². The van der Waals surface area contributed by atoms with Crippen molar-refractivity contribution in [3.05, 3.63) is 58.5 Å². The summed E-state index contributed by atoms with van der Waals surface area (Å²) in [5.41, 5.74) is -0.0115. The highest BCUT2D eigenvalue weighted by Crippen LogP contribution is 2.17. The Morgan fingerprint density at radius 2 is 2.12 bits per heavy atom. The van der Waals surface area contributed by atoms with Crippen LogP contribution in [-0.2, 0) is 6.54 Å². The topological polar surface area (TPSA) is 122 Å². The zero-order valence-electron chi connectivity index (χ0n) is 14.4. The second-order valence-electron chi connectivity index (χ2n) is 5.37. The number of furan rings is 1. The van der Waals surface area contributed by atoms with Crippen LogP contribution in [0.5, 0.6) is 5.75 Å². The Bertz CT molecular complexity index is 700. The first kappa shape index (κ1) is 19.3. The maximum atomic E-state index is 10.6. The van der Waals surface area contributed by atoms with Gasteiger partial charge in [-0.1, -0.05) is 0 Å². The van der Waals surface area contributed by atoms with Gasteiger partial charge < -0.3 is 24.9 Å². The van der Waals surface area contributed by atoms with Gasteiger partial charge in [-0.3, -0.25) is 10.1 Å². The number of nitrogens with zero attached hydrogens (tertiary/aromatic N) is 2. The third kappa shape index (κ3) is 6.44. The van der Waals surface area contributed by atoms with Gasteiger partial charge in [0.05, 0.1) is 11.2 Å². The van der Waals surface area contributed by atoms with Gasteiger partial charge in [0.1, 0.15) is 30.8 Å². The summed E-state index contributed by atoms with van der Waals surface area (Å²) in [6.07, 6.45) is 0.808. The molecule has 0 radical (unpaired) electrons. The molecule has 0 saturated heterocycles. The maximum Gasteiger partial charge on any atom is 0.269 e. The Labute approximate surface area is 150 Å². The van der Waals surface area contributed by atoms with E-state index in [1.807, 2.05) is 13.0 Å². The van der Waals surface area contributed by atoms with E-state index in [1.54, 1.807) is 12.3 Å². The molecule has 0 fully saturated rings. The molecule has 9 nitrogen and oxygen atoms in total. The van der Waals surface area contributed by atoms with E-state index >= 15 is 0 Å². The van der Waals surface area contributed by atoms with Crippen molar-refractivity contribution in [3.8, 4) is 5.75 Å². The lowest BCUT2D eigenvalue weighted by Gasteiger charge is -2.15. The van der Waals surface area contributed by atoms with Crippen LogP contribution in [0.1, 0.15) is 12.7 Å². The fourth-order valence-electron chi connectivity index (χ4n) is 2.03. The Balaban J connectivity index is 1.77. The van der Waals surface area contributed by atoms with E-state index < -0.39 is 11.0 Å². The molecule has 0 aliphatic rings. The number of benzene rings is 1. The average Bonchev–Trinajstić information content (AvgIpc) is 3.16. The SMILES string of the molecule is CCNC(=NCc1ccco1)NCC(O)COc1ccc([N+](=O)[O-])cc1. The van der Waals surface area contributed by atoms with E-state index in [0.29, 0.717) is 24.8 Å². The van der Waals surface area contributed by atoms with E-state index in [0.717, 1.165) is 5.76 Å². The van der Waals surface area contributed by atoms with Gasteiger partial charge in [-0.2, -0.15) is 0 Å². The normalized spacial score (nSPS) is 12.5. The third-order valence-electron chi connectivity index (χ3n) is 3.31. The quantitative estimate of drug-likeness (QED) is 0.268. The minimum Gasteiger partial charge on any atom is -0.491 e. The number of hydrogen-bond donors (Lipinski definition) is 3. The molecule has 0 aliphatic carbocycles. The summed E-state index contributed by atoms with van der Waals surface area (Å²) in [6.45, 7) is 3.29. The Morgan fingerprint density at radius 1 is 1.35 bits per heavy atom. The second-order valence-corrected chi connectivity index (χ2v) is 5.37. The van der Waals surface area contributed by atoms with Gasteiger partial charge in [0.25, 0.3) is 5.69 Å². The van der Waals surface area contributed by atoms with Crippen LogP contribution < -0.4 is 15.4 Å². The first-order valence-electron chi connectivity index (χ1n) is 8.18. The van der Waals surface area contributed by atoms with Crippen LogP contribution in [0.3, 0.4) is 0 Å².